The largest absolute Gasteiger partial charge is 0.390 e. The highest BCUT2D eigenvalue weighted by molar-refractivity contribution is 8.26. The van der Waals surface area contributed by atoms with Crippen LogP contribution in [0, 0.1) is 11.3 Å². The second kappa shape index (κ2) is 9.98. The van der Waals surface area contributed by atoms with Crippen molar-refractivity contribution in [3.05, 3.63) is 89.6 Å². The van der Waals surface area contributed by atoms with E-state index in [-0.39, 0.29) is 19.0 Å². The molecule has 0 unspecified atom stereocenters. The number of hydrogen-bond donors (Lipinski definition) is 0. The summed E-state index contributed by atoms with van der Waals surface area (Å²) in [6.07, 6.45) is -0.622. The molecule has 35 heavy (non-hydrogen) atoms. The molecule has 0 aromatic heterocycles. The minimum atomic E-state index is -4.36. The molecule has 0 saturated carbocycles. The van der Waals surface area contributed by atoms with Crippen LogP contribution in [0.1, 0.15) is 12.0 Å². The molecule has 0 aliphatic carbocycles. The van der Waals surface area contributed by atoms with Gasteiger partial charge in [0.15, 0.2) is 0 Å². The van der Waals surface area contributed by atoms with Gasteiger partial charge in [0, 0.05) is 18.8 Å². The number of nitriles is 1. The molecule has 2 aromatic carbocycles. The molecule has 2 heterocycles. The van der Waals surface area contributed by atoms with E-state index < -0.39 is 12.6 Å². The van der Waals surface area contributed by atoms with Gasteiger partial charge in [-0.2, -0.15) is 18.4 Å². The first-order valence-electron chi connectivity index (χ1n) is 10.5. The molecular formula is C25H19F3N4OS2. The second-order valence-electron chi connectivity index (χ2n) is 7.63. The van der Waals surface area contributed by atoms with E-state index in [1.165, 1.54) is 4.90 Å². The lowest BCUT2D eigenvalue weighted by atomic mass is 10.1. The van der Waals surface area contributed by atoms with E-state index in [4.69, 9.17) is 12.2 Å². The normalized spacial score (nSPS) is 17.9. The topological polar surface area (TPSA) is 50.6 Å². The highest BCUT2D eigenvalue weighted by atomic mass is 32.2. The molecule has 2 aliphatic heterocycles. The summed E-state index contributed by atoms with van der Waals surface area (Å²) in [5, 5.41) is 9.42. The molecule has 0 bridgehead atoms. The first-order chi connectivity index (χ1) is 16.7. The van der Waals surface area contributed by atoms with Gasteiger partial charge in [-0.25, -0.2) is 0 Å². The molecule has 1 fully saturated rings. The standard InChI is InChI=1S/C25H19F3N4OS2/c1-2-13-31-23(33)21(35-24(31)34)10-11-22-30(14-12-25(26,27)28)19-9-8-17(16-29)15-20(19)32(22)18-6-4-3-5-7-18/h2-11,15H,1,12-14H2/b21-10+,22-11+. The Hall–Kier alpha value is -3.55. The number of rotatable bonds is 6. The highest BCUT2D eigenvalue weighted by Gasteiger charge is 2.36. The van der Waals surface area contributed by atoms with Gasteiger partial charge >= 0.3 is 6.18 Å². The third-order valence-corrected chi connectivity index (χ3v) is 6.74. The van der Waals surface area contributed by atoms with Crippen molar-refractivity contribution in [1.29, 1.82) is 5.26 Å². The van der Waals surface area contributed by atoms with Crippen molar-refractivity contribution in [3.8, 4) is 6.07 Å². The molecule has 0 N–H and O–H groups in total. The van der Waals surface area contributed by atoms with Crippen molar-refractivity contribution in [1.82, 2.24) is 4.90 Å². The van der Waals surface area contributed by atoms with Crippen molar-refractivity contribution in [2.24, 2.45) is 0 Å². The minimum absolute atomic E-state index is 0.273. The first kappa shape index (κ1) is 24.6. The third-order valence-electron chi connectivity index (χ3n) is 5.34. The summed E-state index contributed by atoms with van der Waals surface area (Å²) >= 11 is 6.41. The van der Waals surface area contributed by atoms with Crippen molar-refractivity contribution < 1.29 is 18.0 Å². The van der Waals surface area contributed by atoms with Crippen LogP contribution in [0.2, 0.25) is 0 Å². The van der Waals surface area contributed by atoms with Crippen LogP contribution in [-0.4, -0.2) is 34.4 Å². The number of carbonyl (C=O) groups excluding carboxylic acids is 1. The number of benzene rings is 2. The van der Waals surface area contributed by atoms with Crippen LogP contribution in [-0.2, 0) is 4.79 Å². The molecule has 0 atom stereocenters. The Morgan fingerprint density at radius 1 is 1.09 bits per heavy atom. The monoisotopic (exact) mass is 512 g/mol. The molecule has 10 heteroatoms. The maximum Gasteiger partial charge on any atom is 0.390 e. The van der Waals surface area contributed by atoms with Gasteiger partial charge in [0.1, 0.15) is 10.1 Å². The number of allylic oxidation sites excluding steroid dienone is 2. The number of amides is 1. The van der Waals surface area contributed by atoms with Crippen molar-refractivity contribution in [3.63, 3.8) is 0 Å². The van der Waals surface area contributed by atoms with E-state index in [2.05, 4.69) is 12.6 Å². The Morgan fingerprint density at radius 3 is 2.49 bits per heavy atom. The quantitative estimate of drug-likeness (QED) is 0.259. The fourth-order valence-electron chi connectivity index (χ4n) is 3.81. The number of thioether (sulfide) groups is 1. The molecule has 2 aliphatic rings. The summed E-state index contributed by atoms with van der Waals surface area (Å²) in [6, 6.07) is 16.1. The number of fused-ring (bicyclic) bond motifs is 1. The molecule has 0 radical (unpaired) electrons. The highest BCUT2D eigenvalue weighted by Crippen LogP contribution is 2.47. The Kier molecular flexibility index (Phi) is 7.00. The molecule has 5 nitrogen and oxygen atoms in total. The van der Waals surface area contributed by atoms with Crippen LogP contribution < -0.4 is 9.80 Å². The fraction of sp³-hybridized carbons (Fsp3) is 0.160. The average Bonchev–Trinajstić information content (AvgIpc) is 3.29. The van der Waals surface area contributed by atoms with Crippen LogP contribution in [0.3, 0.4) is 0 Å². The minimum Gasteiger partial charge on any atom is -0.325 e. The average molecular weight is 513 g/mol. The Morgan fingerprint density at radius 2 is 1.83 bits per heavy atom. The van der Waals surface area contributed by atoms with Gasteiger partial charge in [-0.15, -0.1) is 6.58 Å². The lowest BCUT2D eigenvalue weighted by Crippen LogP contribution is -2.29. The van der Waals surface area contributed by atoms with Crippen LogP contribution in [0.5, 0.6) is 0 Å². The molecule has 1 saturated heterocycles. The van der Waals surface area contributed by atoms with E-state index in [1.807, 2.05) is 30.3 Å². The van der Waals surface area contributed by atoms with E-state index in [1.54, 1.807) is 46.2 Å². The van der Waals surface area contributed by atoms with Crippen molar-refractivity contribution >= 4 is 51.3 Å². The maximum atomic E-state index is 13.2. The molecule has 178 valence electrons. The molecule has 4 rings (SSSR count). The number of hydrogen-bond acceptors (Lipinski definition) is 6. The summed E-state index contributed by atoms with van der Waals surface area (Å²) in [4.78, 5) is 17.9. The summed E-state index contributed by atoms with van der Waals surface area (Å²) in [6.45, 7) is 3.58. The number of carbonyl (C=O) groups is 1. The summed E-state index contributed by atoms with van der Waals surface area (Å²) < 4.78 is 40.0. The lowest BCUT2D eigenvalue weighted by molar-refractivity contribution is -0.132. The fourth-order valence-corrected chi connectivity index (χ4v) is 5.02. The Bertz CT molecular complexity index is 1280. The molecule has 2 aromatic rings. The number of para-hydroxylation sites is 1. The van der Waals surface area contributed by atoms with Crippen LogP contribution >= 0.6 is 24.0 Å². The van der Waals surface area contributed by atoms with Crippen molar-refractivity contribution in [2.45, 2.75) is 12.6 Å². The third kappa shape index (κ3) is 5.11. The number of anilines is 3. The van der Waals surface area contributed by atoms with Gasteiger partial charge in [-0.05, 0) is 42.5 Å². The predicted molar refractivity (Wildman–Crippen MR) is 136 cm³/mol. The van der Waals surface area contributed by atoms with E-state index in [0.29, 0.717) is 37.7 Å². The van der Waals surface area contributed by atoms with Crippen LogP contribution in [0.25, 0.3) is 0 Å². The SMILES string of the molecule is C=CCN1C(=O)/C(=C\C=C2/N(CCC(F)(F)F)c3ccc(C#N)cc3N2c2ccccc2)SC1=S. The second-order valence-corrected chi connectivity index (χ2v) is 9.31. The zero-order chi connectivity index (χ0) is 25.2. The number of nitrogens with zero attached hydrogens (tertiary/aromatic N) is 4. The van der Waals surface area contributed by atoms with E-state index in [9.17, 15) is 23.2 Å². The van der Waals surface area contributed by atoms with Crippen LogP contribution in [0.15, 0.2) is 84.1 Å². The maximum absolute atomic E-state index is 13.2. The number of alkyl halides is 3. The van der Waals surface area contributed by atoms with E-state index in [0.717, 1.165) is 11.8 Å². The molecular weight excluding hydrogens is 493 g/mol. The van der Waals surface area contributed by atoms with Crippen LogP contribution in [0.4, 0.5) is 30.2 Å². The Balaban J connectivity index is 1.83. The smallest absolute Gasteiger partial charge is 0.325 e. The Labute approximate surface area is 210 Å². The number of thiocarbonyl (C=S) groups is 1. The van der Waals surface area contributed by atoms with Gasteiger partial charge in [-0.1, -0.05) is 48.3 Å². The first-order valence-corrected chi connectivity index (χ1v) is 11.8. The van der Waals surface area contributed by atoms with Gasteiger partial charge in [0.2, 0.25) is 0 Å². The summed E-state index contributed by atoms with van der Waals surface area (Å²) in [5.74, 6) is 0.145. The summed E-state index contributed by atoms with van der Waals surface area (Å²) in [7, 11) is 0. The number of halogens is 3. The van der Waals surface area contributed by atoms with Gasteiger partial charge < -0.3 is 4.90 Å². The van der Waals surface area contributed by atoms with Gasteiger partial charge in [0.05, 0.1) is 34.3 Å². The zero-order valence-electron chi connectivity index (χ0n) is 18.3. The lowest BCUT2D eigenvalue weighted by Gasteiger charge is -2.26. The molecule has 0 spiro atoms. The van der Waals surface area contributed by atoms with Crippen molar-refractivity contribution in [2.75, 3.05) is 22.9 Å². The summed E-state index contributed by atoms with van der Waals surface area (Å²) in [5.41, 5.74) is 2.21. The predicted octanol–water partition coefficient (Wildman–Crippen LogP) is 6.24. The zero-order valence-corrected chi connectivity index (χ0v) is 20.0. The van der Waals surface area contributed by atoms with Gasteiger partial charge in [-0.3, -0.25) is 14.6 Å². The molecule has 1 amide bonds. The van der Waals surface area contributed by atoms with E-state index >= 15 is 0 Å². The van der Waals surface area contributed by atoms with Gasteiger partial charge in [0.25, 0.3) is 5.91 Å².